The average molecular weight is 379 g/mol. The largest absolute Gasteiger partial charge is 0.327 e. The maximum absolute atomic E-state index is 4.90. The molecule has 142 valence electrons. The van der Waals surface area contributed by atoms with Crippen LogP contribution in [0, 0.1) is 13.8 Å². The second-order valence-electron chi connectivity index (χ2n) is 7.30. The van der Waals surface area contributed by atoms with Crippen molar-refractivity contribution >= 4 is 11.0 Å². The maximum atomic E-state index is 4.90. The third-order valence-electron chi connectivity index (χ3n) is 5.40. The third-order valence-corrected chi connectivity index (χ3v) is 5.40. The molecule has 0 bridgehead atoms. The standard InChI is InChI=1S/C24H21N5/c1-16-9-7-10-17(2)21(16)29-15-25-27-24(29)19-13-8-14-20-22(19)28(3)23(26-20)18-11-5-4-6-12-18/h4-15H,1-3H3. The molecular formula is C24H21N5. The van der Waals surface area contributed by atoms with Gasteiger partial charge in [0, 0.05) is 18.2 Å². The summed E-state index contributed by atoms with van der Waals surface area (Å²) in [5.41, 5.74) is 7.59. The molecule has 2 heterocycles. The highest BCUT2D eigenvalue weighted by molar-refractivity contribution is 5.93. The molecule has 0 atom stereocenters. The molecule has 0 saturated carbocycles. The summed E-state index contributed by atoms with van der Waals surface area (Å²) < 4.78 is 4.22. The zero-order valence-electron chi connectivity index (χ0n) is 16.7. The van der Waals surface area contributed by atoms with Crippen LogP contribution in [0.5, 0.6) is 0 Å². The first-order chi connectivity index (χ1) is 14.1. The zero-order chi connectivity index (χ0) is 20.0. The van der Waals surface area contributed by atoms with Crippen LogP contribution in [-0.4, -0.2) is 24.3 Å². The lowest BCUT2D eigenvalue weighted by molar-refractivity contribution is 0.956. The molecule has 0 unspecified atom stereocenters. The van der Waals surface area contributed by atoms with Gasteiger partial charge in [0.2, 0.25) is 0 Å². The Morgan fingerprint density at radius 1 is 0.759 bits per heavy atom. The minimum atomic E-state index is 0.815. The molecule has 0 fully saturated rings. The van der Waals surface area contributed by atoms with Crippen LogP contribution >= 0.6 is 0 Å². The van der Waals surface area contributed by atoms with Gasteiger partial charge in [-0.3, -0.25) is 4.57 Å². The molecule has 0 saturated heterocycles. The molecule has 5 heteroatoms. The average Bonchev–Trinajstić information content (AvgIpc) is 3.34. The van der Waals surface area contributed by atoms with Gasteiger partial charge in [-0.25, -0.2) is 4.98 Å². The van der Waals surface area contributed by atoms with E-state index in [1.807, 2.05) is 30.3 Å². The minimum absolute atomic E-state index is 0.815. The van der Waals surface area contributed by atoms with Gasteiger partial charge in [-0.15, -0.1) is 10.2 Å². The summed E-state index contributed by atoms with van der Waals surface area (Å²) >= 11 is 0. The summed E-state index contributed by atoms with van der Waals surface area (Å²) in [5.74, 6) is 1.75. The van der Waals surface area contributed by atoms with Gasteiger partial charge >= 0.3 is 0 Å². The van der Waals surface area contributed by atoms with E-state index in [1.54, 1.807) is 6.33 Å². The van der Waals surface area contributed by atoms with Gasteiger partial charge in [-0.2, -0.15) is 0 Å². The van der Waals surface area contributed by atoms with Gasteiger partial charge in [0.25, 0.3) is 0 Å². The summed E-state index contributed by atoms with van der Waals surface area (Å²) in [7, 11) is 2.06. The summed E-state index contributed by atoms with van der Waals surface area (Å²) in [5, 5.41) is 8.73. The minimum Gasteiger partial charge on any atom is -0.327 e. The van der Waals surface area contributed by atoms with Crippen molar-refractivity contribution in [3.05, 3.63) is 84.2 Å². The molecule has 5 nitrogen and oxygen atoms in total. The summed E-state index contributed by atoms with van der Waals surface area (Å²) in [6.45, 7) is 4.23. The fraction of sp³-hybridized carbons (Fsp3) is 0.125. The number of fused-ring (bicyclic) bond motifs is 1. The van der Waals surface area contributed by atoms with Crippen molar-refractivity contribution in [1.29, 1.82) is 0 Å². The first kappa shape index (κ1) is 17.4. The van der Waals surface area contributed by atoms with Crippen molar-refractivity contribution in [2.24, 2.45) is 7.05 Å². The van der Waals surface area contributed by atoms with Crippen LogP contribution < -0.4 is 0 Å². The zero-order valence-corrected chi connectivity index (χ0v) is 16.7. The van der Waals surface area contributed by atoms with E-state index >= 15 is 0 Å². The number of aromatic nitrogens is 5. The van der Waals surface area contributed by atoms with Crippen molar-refractivity contribution < 1.29 is 0 Å². The predicted molar refractivity (Wildman–Crippen MR) is 116 cm³/mol. The van der Waals surface area contributed by atoms with Crippen LogP contribution in [-0.2, 0) is 7.05 Å². The first-order valence-corrected chi connectivity index (χ1v) is 9.63. The van der Waals surface area contributed by atoms with E-state index in [0.29, 0.717) is 0 Å². The summed E-state index contributed by atoms with van der Waals surface area (Å²) in [6.07, 6.45) is 1.79. The molecule has 0 spiro atoms. The van der Waals surface area contributed by atoms with Crippen molar-refractivity contribution in [3.8, 4) is 28.5 Å². The van der Waals surface area contributed by atoms with Crippen molar-refractivity contribution in [1.82, 2.24) is 24.3 Å². The molecule has 0 amide bonds. The molecule has 0 aliphatic heterocycles. The third kappa shape index (κ3) is 2.74. The molecule has 3 aromatic carbocycles. The highest BCUT2D eigenvalue weighted by atomic mass is 15.3. The lowest BCUT2D eigenvalue weighted by Crippen LogP contribution is -2.02. The molecular weight excluding hydrogens is 358 g/mol. The van der Waals surface area contributed by atoms with Crippen LogP contribution in [0.2, 0.25) is 0 Å². The van der Waals surface area contributed by atoms with Crippen molar-refractivity contribution in [2.45, 2.75) is 13.8 Å². The molecule has 0 radical (unpaired) electrons. The van der Waals surface area contributed by atoms with Crippen LogP contribution in [0.4, 0.5) is 0 Å². The monoisotopic (exact) mass is 379 g/mol. The van der Waals surface area contributed by atoms with Gasteiger partial charge in [-0.1, -0.05) is 54.6 Å². The lowest BCUT2D eigenvalue weighted by Gasteiger charge is -2.13. The second-order valence-corrected chi connectivity index (χ2v) is 7.30. The van der Waals surface area contributed by atoms with Gasteiger partial charge in [0.05, 0.1) is 16.7 Å². The molecule has 5 rings (SSSR count). The normalized spacial score (nSPS) is 11.3. The number of rotatable bonds is 3. The number of benzene rings is 3. The highest BCUT2D eigenvalue weighted by Crippen LogP contribution is 2.33. The Balaban J connectivity index is 1.77. The second kappa shape index (κ2) is 6.71. The molecule has 0 aliphatic rings. The Morgan fingerprint density at radius 3 is 2.24 bits per heavy atom. The van der Waals surface area contributed by atoms with Crippen molar-refractivity contribution in [3.63, 3.8) is 0 Å². The van der Waals surface area contributed by atoms with Gasteiger partial charge in [-0.05, 0) is 37.1 Å². The number of hydrogen-bond acceptors (Lipinski definition) is 3. The SMILES string of the molecule is Cc1cccc(C)c1-n1cnnc1-c1cccc2nc(-c3ccccc3)n(C)c12. The smallest absolute Gasteiger partial charge is 0.170 e. The number of para-hydroxylation sites is 2. The number of nitrogens with zero attached hydrogens (tertiary/aromatic N) is 5. The Bertz CT molecular complexity index is 1310. The Morgan fingerprint density at radius 2 is 1.48 bits per heavy atom. The molecule has 5 aromatic rings. The Labute approximate surface area is 169 Å². The maximum Gasteiger partial charge on any atom is 0.170 e. The number of imidazole rings is 1. The van der Waals surface area contributed by atoms with Crippen LogP contribution in [0.3, 0.4) is 0 Å². The van der Waals surface area contributed by atoms with Gasteiger partial charge in [0.15, 0.2) is 5.82 Å². The lowest BCUT2D eigenvalue weighted by atomic mass is 10.1. The van der Waals surface area contributed by atoms with E-state index in [1.165, 1.54) is 11.1 Å². The van der Waals surface area contributed by atoms with E-state index in [0.717, 1.165) is 39.5 Å². The quantitative estimate of drug-likeness (QED) is 0.438. The first-order valence-electron chi connectivity index (χ1n) is 9.63. The molecule has 29 heavy (non-hydrogen) atoms. The fourth-order valence-corrected chi connectivity index (χ4v) is 4.06. The van der Waals surface area contributed by atoms with Gasteiger partial charge in [0.1, 0.15) is 12.2 Å². The van der Waals surface area contributed by atoms with Crippen LogP contribution in [0.25, 0.3) is 39.5 Å². The van der Waals surface area contributed by atoms with Gasteiger partial charge < -0.3 is 4.57 Å². The molecule has 2 aromatic heterocycles. The fourth-order valence-electron chi connectivity index (χ4n) is 4.06. The Kier molecular flexibility index (Phi) is 4.02. The molecule has 0 N–H and O–H groups in total. The van der Waals surface area contributed by atoms with E-state index < -0.39 is 0 Å². The van der Waals surface area contributed by atoms with Crippen LogP contribution in [0.1, 0.15) is 11.1 Å². The highest BCUT2D eigenvalue weighted by Gasteiger charge is 2.19. The number of hydrogen-bond donors (Lipinski definition) is 0. The topological polar surface area (TPSA) is 48.5 Å². The molecule has 0 aliphatic carbocycles. The predicted octanol–water partition coefficient (Wildman–Crippen LogP) is 5.10. The van der Waals surface area contributed by atoms with Crippen LogP contribution in [0.15, 0.2) is 73.1 Å². The van der Waals surface area contributed by atoms with E-state index in [2.05, 4.69) is 76.6 Å². The summed E-state index contributed by atoms with van der Waals surface area (Å²) in [4.78, 5) is 4.90. The summed E-state index contributed by atoms with van der Waals surface area (Å²) in [6, 6.07) is 22.7. The van der Waals surface area contributed by atoms with E-state index in [4.69, 9.17) is 4.98 Å². The van der Waals surface area contributed by atoms with E-state index in [9.17, 15) is 0 Å². The van der Waals surface area contributed by atoms with Crippen molar-refractivity contribution in [2.75, 3.05) is 0 Å². The van der Waals surface area contributed by atoms with E-state index in [-0.39, 0.29) is 0 Å². The Hall–Kier alpha value is -3.73. The number of aryl methyl sites for hydroxylation is 3.